The number of hydrogen-bond acceptors (Lipinski definition) is 3. The molecule has 1 atom stereocenters. The van der Waals surface area contributed by atoms with E-state index < -0.39 is 11.9 Å². The van der Waals surface area contributed by atoms with Crippen molar-refractivity contribution in [2.75, 3.05) is 0 Å². The van der Waals surface area contributed by atoms with Gasteiger partial charge in [-0.05, 0) is 18.9 Å². The zero-order valence-corrected chi connectivity index (χ0v) is 8.57. The lowest BCUT2D eigenvalue weighted by molar-refractivity contribution is -0.119. The molecular weight excluding hydrogens is 192 g/mol. The minimum absolute atomic E-state index is 0.0146. The molecule has 1 amide bonds. The minimum atomic E-state index is -0.673. The fraction of sp³-hybridized carbons (Fsp3) is 0.273. The second-order valence-corrected chi connectivity index (χ2v) is 3.47. The van der Waals surface area contributed by atoms with Crippen molar-refractivity contribution >= 4 is 11.7 Å². The van der Waals surface area contributed by atoms with Crippen LogP contribution >= 0.6 is 0 Å². The molecule has 80 valence electrons. The Morgan fingerprint density at radius 2 is 1.80 bits per heavy atom. The van der Waals surface area contributed by atoms with Crippen LogP contribution in [0.1, 0.15) is 22.8 Å². The third-order valence-corrected chi connectivity index (χ3v) is 2.18. The molecule has 0 spiro atoms. The Hall–Kier alpha value is -1.68. The van der Waals surface area contributed by atoms with Crippen LogP contribution in [0.2, 0.25) is 0 Å². The number of carbonyl (C=O) groups excluding carboxylic acids is 2. The van der Waals surface area contributed by atoms with Gasteiger partial charge in [-0.3, -0.25) is 9.59 Å². The molecule has 4 heteroatoms. The van der Waals surface area contributed by atoms with Crippen LogP contribution in [-0.2, 0) is 11.2 Å². The maximum absolute atomic E-state index is 11.0. The Balaban J connectivity index is 2.72. The Bertz CT molecular complexity index is 371. The molecule has 0 aliphatic carbocycles. The lowest BCUT2D eigenvalue weighted by Crippen LogP contribution is -2.38. The number of benzene rings is 1. The Morgan fingerprint density at radius 3 is 2.20 bits per heavy atom. The summed E-state index contributed by atoms with van der Waals surface area (Å²) in [6.07, 6.45) is 0.396. The maximum atomic E-state index is 11.0. The molecule has 0 aromatic heterocycles. The molecule has 0 unspecified atom stereocenters. The lowest BCUT2D eigenvalue weighted by Gasteiger charge is -2.07. The summed E-state index contributed by atoms with van der Waals surface area (Å²) in [6, 6.07) is 6.31. The lowest BCUT2D eigenvalue weighted by atomic mass is 10.0. The summed E-state index contributed by atoms with van der Waals surface area (Å²) in [6.45, 7) is 1.50. The Kier molecular flexibility index (Phi) is 3.57. The van der Waals surface area contributed by atoms with Crippen LogP contribution in [0.3, 0.4) is 0 Å². The molecule has 0 saturated carbocycles. The first-order valence-electron chi connectivity index (χ1n) is 4.65. The molecule has 1 rings (SSSR count). The van der Waals surface area contributed by atoms with Gasteiger partial charge < -0.3 is 11.5 Å². The standard InChI is InChI=1S/C11H14N2O2/c1-7(14)9-4-2-8(3-5-9)6-10(12)11(13)15/h2-5,10H,6,12H2,1H3,(H2,13,15)/t10-/m0/s1. The van der Waals surface area contributed by atoms with Crippen LogP contribution in [0, 0.1) is 0 Å². The normalized spacial score (nSPS) is 12.1. The minimum Gasteiger partial charge on any atom is -0.368 e. The fourth-order valence-electron chi connectivity index (χ4n) is 1.23. The van der Waals surface area contributed by atoms with E-state index in [1.54, 1.807) is 24.3 Å². The van der Waals surface area contributed by atoms with Crippen molar-refractivity contribution in [3.05, 3.63) is 35.4 Å². The third kappa shape index (κ3) is 3.18. The van der Waals surface area contributed by atoms with Gasteiger partial charge in [0.15, 0.2) is 5.78 Å². The van der Waals surface area contributed by atoms with Crippen molar-refractivity contribution in [1.29, 1.82) is 0 Å². The smallest absolute Gasteiger partial charge is 0.234 e. The second kappa shape index (κ2) is 4.70. The molecule has 0 radical (unpaired) electrons. The molecule has 4 N–H and O–H groups in total. The van der Waals surface area contributed by atoms with Crippen LogP contribution in [0.25, 0.3) is 0 Å². The van der Waals surface area contributed by atoms with E-state index in [4.69, 9.17) is 11.5 Å². The van der Waals surface area contributed by atoms with Gasteiger partial charge in [0.05, 0.1) is 6.04 Å². The third-order valence-electron chi connectivity index (χ3n) is 2.18. The molecule has 0 fully saturated rings. The van der Waals surface area contributed by atoms with Crippen LogP contribution in [0.15, 0.2) is 24.3 Å². The Morgan fingerprint density at radius 1 is 1.27 bits per heavy atom. The molecule has 1 aromatic carbocycles. The largest absolute Gasteiger partial charge is 0.368 e. The number of nitrogens with two attached hydrogens (primary N) is 2. The topological polar surface area (TPSA) is 86.2 Å². The first-order valence-corrected chi connectivity index (χ1v) is 4.65. The average molecular weight is 206 g/mol. The summed E-state index contributed by atoms with van der Waals surface area (Å²) in [7, 11) is 0. The molecular formula is C11H14N2O2. The van der Waals surface area contributed by atoms with Crippen molar-refractivity contribution < 1.29 is 9.59 Å². The SMILES string of the molecule is CC(=O)c1ccc(C[C@H](N)C(N)=O)cc1. The molecule has 1 aromatic rings. The van der Waals surface area contributed by atoms with E-state index in [0.717, 1.165) is 5.56 Å². The number of amides is 1. The molecule has 0 saturated heterocycles. The Labute approximate surface area is 88.3 Å². The van der Waals surface area contributed by atoms with Gasteiger partial charge >= 0.3 is 0 Å². The van der Waals surface area contributed by atoms with Crippen LogP contribution < -0.4 is 11.5 Å². The number of ketones is 1. The first kappa shape index (κ1) is 11.4. The number of carbonyl (C=O) groups is 2. The molecule has 0 aliphatic heterocycles. The summed E-state index contributed by atoms with van der Waals surface area (Å²) >= 11 is 0. The van der Waals surface area contributed by atoms with Gasteiger partial charge in [-0.25, -0.2) is 0 Å². The quantitative estimate of drug-likeness (QED) is 0.692. The highest BCUT2D eigenvalue weighted by atomic mass is 16.1. The van der Waals surface area contributed by atoms with E-state index in [2.05, 4.69) is 0 Å². The zero-order valence-electron chi connectivity index (χ0n) is 8.57. The predicted octanol–water partition coefficient (Wildman–Crippen LogP) is 0.244. The average Bonchev–Trinajstić information content (AvgIpc) is 2.18. The van der Waals surface area contributed by atoms with Crippen molar-refractivity contribution in [2.45, 2.75) is 19.4 Å². The second-order valence-electron chi connectivity index (χ2n) is 3.47. The highest BCUT2D eigenvalue weighted by Gasteiger charge is 2.09. The van der Waals surface area contributed by atoms with E-state index in [0.29, 0.717) is 12.0 Å². The highest BCUT2D eigenvalue weighted by molar-refractivity contribution is 5.94. The van der Waals surface area contributed by atoms with Gasteiger partial charge in [0.25, 0.3) is 0 Å². The van der Waals surface area contributed by atoms with Gasteiger partial charge in [-0.15, -0.1) is 0 Å². The van der Waals surface area contributed by atoms with E-state index >= 15 is 0 Å². The van der Waals surface area contributed by atoms with Gasteiger partial charge in [0.2, 0.25) is 5.91 Å². The molecule has 15 heavy (non-hydrogen) atoms. The fourth-order valence-corrected chi connectivity index (χ4v) is 1.23. The summed E-state index contributed by atoms with van der Waals surface area (Å²) in [5, 5.41) is 0. The number of primary amides is 1. The van der Waals surface area contributed by atoms with Gasteiger partial charge in [-0.2, -0.15) is 0 Å². The first-order chi connectivity index (χ1) is 7.00. The van der Waals surface area contributed by atoms with Crippen molar-refractivity contribution in [3.63, 3.8) is 0 Å². The van der Waals surface area contributed by atoms with E-state index in [1.807, 2.05) is 0 Å². The van der Waals surface area contributed by atoms with Crippen molar-refractivity contribution in [1.82, 2.24) is 0 Å². The number of rotatable bonds is 4. The van der Waals surface area contributed by atoms with Crippen LogP contribution in [-0.4, -0.2) is 17.7 Å². The van der Waals surface area contributed by atoms with Gasteiger partial charge in [0, 0.05) is 5.56 Å². The van der Waals surface area contributed by atoms with Gasteiger partial charge in [-0.1, -0.05) is 24.3 Å². The van der Waals surface area contributed by atoms with E-state index in [1.165, 1.54) is 6.92 Å². The molecule has 0 bridgehead atoms. The number of Topliss-reactive ketones (excluding diaryl/α,β-unsaturated/α-hetero) is 1. The van der Waals surface area contributed by atoms with Crippen molar-refractivity contribution in [3.8, 4) is 0 Å². The van der Waals surface area contributed by atoms with Crippen molar-refractivity contribution in [2.24, 2.45) is 11.5 Å². The van der Waals surface area contributed by atoms with Crippen LogP contribution in [0.5, 0.6) is 0 Å². The monoisotopic (exact) mass is 206 g/mol. The predicted molar refractivity (Wildman–Crippen MR) is 57.3 cm³/mol. The number of hydrogen-bond donors (Lipinski definition) is 2. The zero-order chi connectivity index (χ0) is 11.4. The molecule has 0 aliphatic rings. The van der Waals surface area contributed by atoms with Crippen LogP contribution in [0.4, 0.5) is 0 Å². The summed E-state index contributed by atoms with van der Waals surface area (Å²) < 4.78 is 0. The summed E-state index contributed by atoms with van der Waals surface area (Å²) in [5.41, 5.74) is 12.1. The van der Waals surface area contributed by atoms with E-state index in [9.17, 15) is 9.59 Å². The maximum Gasteiger partial charge on any atom is 0.234 e. The highest BCUT2D eigenvalue weighted by Crippen LogP contribution is 2.06. The summed E-state index contributed by atoms with van der Waals surface area (Å²) in [4.78, 5) is 21.7. The molecule has 0 heterocycles. The van der Waals surface area contributed by atoms with E-state index in [-0.39, 0.29) is 5.78 Å². The molecule has 4 nitrogen and oxygen atoms in total. The summed E-state index contributed by atoms with van der Waals surface area (Å²) in [5.74, 6) is -0.508. The van der Waals surface area contributed by atoms with Gasteiger partial charge in [0.1, 0.15) is 0 Å².